The summed E-state index contributed by atoms with van der Waals surface area (Å²) in [6, 6.07) is 14.5. The van der Waals surface area contributed by atoms with Gasteiger partial charge in [0.05, 0.1) is 17.3 Å². The second kappa shape index (κ2) is 7.94. The number of hydrogen-bond acceptors (Lipinski definition) is 3. The van der Waals surface area contributed by atoms with Gasteiger partial charge in [0.25, 0.3) is 5.91 Å². The molecule has 4 aromatic rings. The van der Waals surface area contributed by atoms with Gasteiger partial charge < -0.3 is 14.8 Å². The highest BCUT2D eigenvalue weighted by Gasteiger charge is 2.31. The number of benzene rings is 1. The molecule has 0 aliphatic carbocycles. The van der Waals surface area contributed by atoms with Crippen LogP contribution >= 0.6 is 0 Å². The number of aryl methyl sites for hydroxylation is 1. The van der Waals surface area contributed by atoms with Crippen LogP contribution in [-0.4, -0.2) is 45.0 Å². The molecule has 170 valence electrons. The van der Waals surface area contributed by atoms with Gasteiger partial charge in [0.15, 0.2) is 0 Å². The molecule has 2 saturated heterocycles. The van der Waals surface area contributed by atoms with Gasteiger partial charge in [0.1, 0.15) is 5.69 Å². The maximum Gasteiger partial charge on any atom is 0.270 e. The van der Waals surface area contributed by atoms with E-state index < -0.39 is 0 Å². The van der Waals surface area contributed by atoms with Crippen LogP contribution in [0.4, 0.5) is 5.69 Å². The van der Waals surface area contributed by atoms with Crippen LogP contribution in [0.25, 0.3) is 16.4 Å². The summed E-state index contributed by atoms with van der Waals surface area (Å²) >= 11 is 0. The zero-order valence-electron chi connectivity index (χ0n) is 19.4. The fourth-order valence-corrected chi connectivity index (χ4v) is 5.63. The monoisotopic (exact) mass is 441 g/mol. The zero-order chi connectivity index (χ0) is 22.5. The summed E-state index contributed by atoms with van der Waals surface area (Å²) in [4.78, 5) is 21.4. The van der Waals surface area contributed by atoms with E-state index in [0.717, 1.165) is 66.9 Å². The van der Waals surface area contributed by atoms with Crippen LogP contribution in [0.5, 0.6) is 0 Å². The highest BCUT2D eigenvalue weighted by molar-refractivity contribution is 5.98. The van der Waals surface area contributed by atoms with E-state index >= 15 is 0 Å². The lowest BCUT2D eigenvalue weighted by Gasteiger charge is -2.34. The molecule has 6 nitrogen and oxygen atoms in total. The Morgan fingerprint density at radius 1 is 1.09 bits per heavy atom. The summed E-state index contributed by atoms with van der Waals surface area (Å²) in [5.41, 5.74) is 6.32. The summed E-state index contributed by atoms with van der Waals surface area (Å²) < 4.78 is 1.99. The topological polar surface area (TPSA) is 56.6 Å². The normalized spacial score (nSPS) is 21.4. The fraction of sp³-hybridized carbons (Fsp3) is 0.407. The lowest BCUT2D eigenvalue weighted by Crippen LogP contribution is -2.38. The van der Waals surface area contributed by atoms with Crippen molar-refractivity contribution in [3.8, 4) is 0 Å². The van der Waals surface area contributed by atoms with Gasteiger partial charge in [-0.25, -0.2) is 4.52 Å². The van der Waals surface area contributed by atoms with Crippen molar-refractivity contribution in [3.05, 3.63) is 65.6 Å². The Labute approximate surface area is 194 Å². The van der Waals surface area contributed by atoms with E-state index in [0.29, 0.717) is 5.69 Å². The molecule has 2 aliphatic rings. The molecule has 0 bridgehead atoms. The molecule has 5 heterocycles. The van der Waals surface area contributed by atoms with Crippen molar-refractivity contribution >= 4 is 28.0 Å². The third kappa shape index (κ3) is 3.58. The van der Waals surface area contributed by atoms with Crippen molar-refractivity contribution in [2.75, 3.05) is 24.5 Å². The number of likely N-dealkylation sites (tertiary alicyclic amines) is 1. The number of H-pyrrole nitrogens is 1. The Hall–Kier alpha value is -3.28. The maximum atomic E-state index is 13.5. The van der Waals surface area contributed by atoms with Gasteiger partial charge in [0, 0.05) is 42.4 Å². The van der Waals surface area contributed by atoms with E-state index in [2.05, 4.69) is 42.1 Å². The summed E-state index contributed by atoms with van der Waals surface area (Å²) in [7, 11) is 0. The van der Waals surface area contributed by atoms with Crippen molar-refractivity contribution in [2.45, 2.75) is 45.6 Å². The van der Waals surface area contributed by atoms with Gasteiger partial charge in [-0.1, -0.05) is 25.1 Å². The first-order valence-electron chi connectivity index (χ1n) is 12.2. The average molecular weight is 442 g/mol. The predicted octanol–water partition coefficient (Wildman–Crippen LogP) is 5.34. The lowest BCUT2D eigenvalue weighted by molar-refractivity contribution is 0.0600. The van der Waals surface area contributed by atoms with E-state index in [1.165, 1.54) is 17.7 Å². The van der Waals surface area contributed by atoms with E-state index in [-0.39, 0.29) is 11.9 Å². The van der Waals surface area contributed by atoms with Crippen LogP contribution in [0.15, 0.2) is 48.7 Å². The molecular formula is C27H31N5O. The Balaban J connectivity index is 1.33. The molecule has 0 saturated carbocycles. The fourth-order valence-electron chi connectivity index (χ4n) is 5.63. The van der Waals surface area contributed by atoms with Crippen LogP contribution in [0.2, 0.25) is 0 Å². The molecule has 0 radical (unpaired) electrons. The first-order valence-corrected chi connectivity index (χ1v) is 12.2. The molecule has 3 aromatic heterocycles. The Morgan fingerprint density at radius 3 is 2.79 bits per heavy atom. The number of piperidine rings is 1. The molecule has 2 fully saturated rings. The van der Waals surface area contributed by atoms with Crippen molar-refractivity contribution in [1.29, 1.82) is 0 Å². The number of carbonyl (C=O) groups excluding carboxylic acids is 1. The number of nitrogens with one attached hydrogen (secondary N) is 1. The standard InChI is InChI=1S/C27H31N5O/c1-18-10-12-30(16-18)26-15-21-14-23(29-32(21)17-19(26)2)25-9-5-6-11-31(25)27(33)24-13-20-7-3-4-8-22(20)28-24/h3-4,7-8,13-15,17-18,25,28H,5-6,9-12,16H2,1-2H3/t18-,25-/m0/s1. The number of pyridine rings is 1. The summed E-state index contributed by atoms with van der Waals surface area (Å²) in [6.07, 6.45) is 6.49. The van der Waals surface area contributed by atoms with E-state index in [9.17, 15) is 4.79 Å². The number of nitrogens with zero attached hydrogens (tertiary/aromatic N) is 4. The van der Waals surface area contributed by atoms with E-state index in [4.69, 9.17) is 5.10 Å². The zero-order valence-corrected chi connectivity index (χ0v) is 19.4. The van der Waals surface area contributed by atoms with Crippen LogP contribution < -0.4 is 4.90 Å². The van der Waals surface area contributed by atoms with Gasteiger partial charge >= 0.3 is 0 Å². The van der Waals surface area contributed by atoms with Crippen molar-refractivity contribution in [3.63, 3.8) is 0 Å². The van der Waals surface area contributed by atoms with Gasteiger partial charge in [-0.05, 0) is 68.4 Å². The predicted molar refractivity (Wildman–Crippen MR) is 132 cm³/mol. The summed E-state index contributed by atoms with van der Waals surface area (Å²) in [5.74, 6) is 0.809. The number of aromatic amines is 1. The number of fused-ring (bicyclic) bond motifs is 2. The third-order valence-electron chi connectivity index (χ3n) is 7.42. The molecule has 1 amide bonds. The second-order valence-electron chi connectivity index (χ2n) is 9.90. The number of rotatable bonds is 3. The van der Waals surface area contributed by atoms with Crippen LogP contribution in [0.1, 0.15) is 60.4 Å². The van der Waals surface area contributed by atoms with E-state index in [1.54, 1.807) is 0 Å². The number of hydrogen-bond donors (Lipinski definition) is 1. The van der Waals surface area contributed by atoms with Gasteiger partial charge in [-0.3, -0.25) is 4.79 Å². The molecule has 1 aromatic carbocycles. The van der Waals surface area contributed by atoms with E-state index in [1.807, 2.05) is 39.7 Å². The molecule has 1 N–H and O–H groups in total. The molecule has 6 heteroatoms. The third-order valence-corrected chi connectivity index (χ3v) is 7.42. The maximum absolute atomic E-state index is 13.5. The number of anilines is 1. The van der Waals surface area contributed by atoms with Crippen molar-refractivity contribution in [2.24, 2.45) is 5.92 Å². The first kappa shape index (κ1) is 20.3. The first-order chi connectivity index (χ1) is 16.1. The summed E-state index contributed by atoms with van der Waals surface area (Å²) in [6.45, 7) is 7.50. The number of carbonyl (C=O) groups is 1. The molecule has 33 heavy (non-hydrogen) atoms. The minimum absolute atomic E-state index is 0.00753. The summed E-state index contributed by atoms with van der Waals surface area (Å²) in [5, 5.41) is 6.01. The minimum atomic E-state index is 0.00753. The molecule has 6 rings (SSSR count). The van der Waals surface area contributed by atoms with Crippen molar-refractivity contribution < 1.29 is 4.79 Å². The number of aromatic nitrogens is 3. The minimum Gasteiger partial charge on any atom is -0.371 e. The van der Waals surface area contributed by atoms with Crippen LogP contribution in [-0.2, 0) is 0 Å². The van der Waals surface area contributed by atoms with Crippen LogP contribution in [0.3, 0.4) is 0 Å². The van der Waals surface area contributed by atoms with Gasteiger partial charge in [-0.2, -0.15) is 5.10 Å². The molecule has 0 spiro atoms. The molecule has 2 aliphatic heterocycles. The lowest BCUT2D eigenvalue weighted by atomic mass is 9.98. The number of amides is 1. The Bertz CT molecular complexity index is 1300. The second-order valence-corrected chi connectivity index (χ2v) is 9.90. The highest BCUT2D eigenvalue weighted by atomic mass is 16.2. The molecule has 2 atom stereocenters. The smallest absolute Gasteiger partial charge is 0.270 e. The van der Waals surface area contributed by atoms with Gasteiger partial charge in [0.2, 0.25) is 0 Å². The molecular weight excluding hydrogens is 410 g/mol. The quantitative estimate of drug-likeness (QED) is 0.467. The Morgan fingerprint density at radius 2 is 1.97 bits per heavy atom. The van der Waals surface area contributed by atoms with Crippen LogP contribution in [0, 0.1) is 12.8 Å². The largest absolute Gasteiger partial charge is 0.371 e. The molecule has 0 unspecified atom stereocenters. The van der Waals surface area contributed by atoms with Gasteiger partial charge in [-0.15, -0.1) is 0 Å². The SMILES string of the molecule is Cc1cn2nc([C@@H]3CCCCN3C(=O)c3cc4ccccc4[nH]3)cc2cc1N1CC[C@H](C)C1. The Kier molecular flexibility index (Phi) is 4.89. The average Bonchev–Trinajstić information content (AvgIpc) is 3.55. The number of para-hydroxylation sites is 1. The highest BCUT2D eigenvalue weighted by Crippen LogP contribution is 2.34. The van der Waals surface area contributed by atoms with Crippen molar-refractivity contribution in [1.82, 2.24) is 19.5 Å².